The Hall–Kier alpha value is -5.34. The minimum Gasteiger partial charge on any atom is -0.506 e. The van der Waals surface area contributed by atoms with E-state index in [2.05, 4.69) is 91.5 Å². The molecular formula is C48H59N7O5Si. The molecule has 6 aromatic rings. The number of hydrogen-bond acceptors (Lipinski definition) is 8. The van der Waals surface area contributed by atoms with Crippen molar-refractivity contribution in [3.63, 3.8) is 0 Å². The normalized spacial score (nSPS) is 18.5. The minimum absolute atomic E-state index is 0.0165. The first-order valence-electron chi connectivity index (χ1n) is 21.7. The van der Waals surface area contributed by atoms with Crippen molar-refractivity contribution in [3.8, 4) is 16.9 Å². The quantitative estimate of drug-likeness (QED) is 0.0587. The van der Waals surface area contributed by atoms with Gasteiger partial charge in [-0.25, -0.2) is 4.79 Å². The Morgan fingerprint density at radius 2 is 1.70 bits per heavy atom. The first kappa shape index (κ1) is 42.4. The Bertz CT molecular complexity index is 2560. The number of anilines is 1. The molecule has 0 aliphatic carbocycles. The highest BCUT2D eigenvalue weighted by Gasteiger charge is 2.41. The number of phenolic OH excluding ortho intramolecular Hbond substituents is 1. The second-order valence-electron chi connectivity index (χ2n) is 18.4. The molecule has 3 aliphatic rings. The smallest absolute Gasteiger partial charge is 0.412 e. The Labute approximate surface area is 358 Å². The summed E-state index contributed by atoms with van der Waals surface area (Å²) in [5.74, 6) is 0.410. The molecule has 2 bridgehead atoms. The van der Waals surface area contributed by atoms with E-state index in [9.17, 15) is 19.8 Å². The highest BCUT2D eigenvalue weighted by Crippen LogP contribution is 2.42. The second kappa shape index (κ2) is 17.6. The lowest BCUT2D eigenvalue weighted by Gasteiger charge is -2.48. The number of nitrogens with one attached hydrogen (secondary N) is 2. The lowest BCUT2D eigenvalue weighted by Crippen LogP contribution is -2.59. The number of amides is 1. The summed E-state index contributed by atoms with van der Waals surface area (Å²) in [4.78, 5) is 33.8. The van der Waals surface area contributed by atoms with E-state index < -0.39 is 14.4 Å². The van der Waals surface area contributed by atoms with Crippen molar-refractivity contribution >= 4 is 42.0 Å². The summed E-state index contributed by atoms with van der Waals surface area (Å²) in [7, 11) is -2.21. The van der Waals surface area contributed by atoms with Crippen molar-refractivity contribution in [2.75, 3.05) is 31.1 Å². The predicted octanol–water partition coefficient (Wildman–Crippen LogP) is 9.10. The van der Waals surface area contributed by atoms with Gasteiger partial charge in [-0.2, -0.15) is 15.0 Å². The van der Waals surface area contributed by atoms with Crippen LogP contribution < -0.4 is 15.8 Å². The fourth-order valence-electron chi connectivity index (χ4n) is 8.88. The van der Waals surface area contributed by atoms with Gasteiger partial charge in [0.05, 0.1) is 29.9 Å². The molecule has 5 heterocycles. The number of piperidine rings is 3. The van der Waals surface area contributed by atoms with Crippen molar-refractivity contribution < 1.29 is 19.4 Å². The molecule has 0 spiro atoms. The molecule has 320 valence electrons. The van der Waals surface area contributed by atoms with E-state index in [1.54, 1.807) is 21.8 Å². The van der Waals surface area contributed by atoms with Crippen LogP contribution in [0, 0.1) is 5.92 Å². The number of H-pyrrole nitrogens is 1. The van der Waals surface area contributed by atoms with E-state index in [0.29, 0.717) is 31.1 Å². The molecule has 0 unspecified atom stereocenters. The van der Waals surface area contributed by atoms with Crippen LogP contribution >= 0.6 is 0 Å². The summed E-state index contributed by atoms with van der Waals surface area (Å²) < 4.78 is 6.99. The summed E-state index contributed by atoms with van der Waals surface area (Å²) >= 11 is 0. The topological polar surface area (TPSA) is 149 Å². The number of aromatic hydroxyl groups is 1. The zero-order valence-corrected chi connectivity index (χ0v) is 37.0. The summed E-state index contributed by atoms with van der Waals surface area (Å²) in [6.45, 7) is 15.8. The summed E-state index contributed by atoms with van der Waals surface area (Å²) in [6.07, 6.45) is 3.51. The number of carboxylic acid groups (broad SMARTS) is 1. The third-order valence-corrected chi connectivity index (χ3v) is 17.8. The first-order valence-corrected chi connectivity index (χ1v) is 24.6. The zero-order valence-electron chi connectivity index (χ0n) is 36.0. The van der Waals surface area contributed by atoms with Crippen LogP contribution in [0.5, 0.6) is 5.75 Å². The molecular weight excluding hydrogens is 783 g/mol. The van der Waals surface area contributed by atoms with Gasteiger partial charge in [0.15, 0.2) is 8.32 Å². The molecule has 13 heteroatoms. The number of aromatic amines is 1. The number of fused-ring (bicyclic) bond motifs is 5. The van der Waals surface area contributed by atoms with Crippen molar-refractivity contribution in [2.45, 2.75) is 96.2 Å². The molecule has 0 saturated carbocycles. The molecule has 61 heavy (non-hydrogen) atoms. The Balaban J connectivity index is 0.921. The van der Waals surface area contributed by atoms with E-state index in [0.717, 1.165) is 102 Å². The highest BCUT2D eigenvalue weighted by atomic mass is 28.4. The second-order valence-corrected chi connectivity index (χ2v) is 23.2. The predicted molar refractivity (Wildman–Crippen MR) is 245 cm³/mol. The Morgan fingerprint density at radius 1 is 0.951 bits per heavy atom. The number of hydrogen-bond donors (Lipinski definition) is 4. The van der Waals surface area contributed by atoms with Crippen LogP contribution in [0.25, 0.3) is 33.1 Å². The van der Waals surface area contributed by atoms with Crippen LogP contribution in [-0.4, -0.2) is 81.7 Å². The number of aromatic nitrogens is 4. The molecule has 0 radical (unpaired) electrons. The molecule has 4 aromatic carbocycles. The van der Waals surface area contributed by atoms with Crippen molar-refractivity contribution in [3.05, 3.63) is 118 Å². The largest absolute Gasteiger partial charge is 0.506 e. The fraction of sp³-hybridized carbons (Fsp3) is 0.417. The number of unbranched alkanes of at least 4 members (excludes halogenated alkanes) is 1. The number of carbonyl (C=O) groups is 1. The van der Waals surface area contributed by atoms with Crippen molar-refractivity contribution in [1.29, 1.82) is 0 Å². The number of aryl methyl sites for hydroxylation is 2. The molecule has 2 aromatic heterocycles. The van der Waals surface area contributed by atoms with Crippen LogP contribution in [0.3, 0.4) is 0 Å². The van der Waals surface area contributed by atoms with Gasteiger partial charge in [0.25, 0.3) is 0 Å². The summed E-state index contributed by atoms with van der Waals surface area (Å²) in [5, 5.41) is 35.2. The van der Waals surface area contributed by atoms with E-state index in [1.165, 1.54) is 6.07 Å². The molecule has 9 rings (SSSR count). The van der Waals surface area contributed by atoms with E-state index in [4.69, 9.17) is 14.6 Å². The monoisotopic (exact) mass is 841 g/mol. The van der Waals surface area contributed by atoms with Gasteiger partial charge in [-0.1, -0.05) is 75.4 Å². The maximum absolute atomic E-state index is 13.0. The Kier molecular flexibility index (Phi) is 12.2. The van der Waals surface area contributed by atoms with E-state index in [-0.39, 0.29) is 28.5 Å². The number of pyridine rings is 1. The van der Waals surface area contributed by atoms with Gasteiger partial charge in [-0.15, -0.1) is 0 Å². The molecule has 2 atom stereocenters. The SMILES string of the molecule is CC(C)(C)[Si](C)(C)O[C@H](CNCc1ccc2nn(CCCCc3ccc(-c4ccccc4)c(N(C(=O)O)[C@H]4CN5CCC4CC5)c3)nc2c1)c1ccc(O)c2[nH]c(=O)ccc12. The van der Waals surface area contributed by atoms with Crippen molar-refractivity contribution in [2.24, 2.45) is 5.92 Å². The van der Waals surface area contributed by atoms with Crippen LogP contribution in [-0.2, 0) is 23.9 Å². The molecule has 3 saturated heterocycles. The van der Waals surface area contributed by atoms with Gasteiger partial charge in [0.2, 0.25) is 5.56 Å². The number of nitrogens with zero attached hydrogens (tertiary/aromatic N) is 5. The number of benzene rings is 4. The zero-order chi connectivity index (χ0) is 42.9. The minimum atomic E-state index is -2.21. The third-order valence-electron chi connectivity index (χ3n) is 13.3. The number of phenols is 1. The fourth-order valence-corrected chi connectivity index (χ4v) is 10.2. The van der Waals surface area contributed by atoms with Gasteiger partial charge >= 0.3 is 6.09 Å². The van der Waals surface area contributed by atoms with Crippen molar-refractivity contribution in [1.82, 2.24) is 30.2 Å². The van der Waals surface area contributed by atoms with Gasteiger partial charge in [0, 0.05) is 36.7 Å². The summed E-state index contributed by atoms with van der Waals surface area (Å²) in [5.41, 5.74) is 7.70. The van der Waals surface area contributed by atoms with Crippen LogP contribution in [0.2, 0.25) is 18.1 Å². The van der Waals surface area contributed by atoms with Gasteiger partial charge in [0.1, 0.15) is 16.8 Å². The lowest BCUT2D eigenvalue weighted by atomic mass is 9.82. The van der Waals surface area contributed by atoms with Crippen LogP contribution in [0.15, 0.2) is 95.8 Å². The Morgan fingerprint density at radius 3 is 2.43 bits per heavy atom. The molecule has 4 N–H and O–H groups in total. The molecule has 3 fully saturated rings. The van der Waals surface area contributed by atoms with Gasteiger partial charge < -0.3 is 29.8 Å². The maximum Gasteiger partial charge on any atom is 0.412 e. The molecule has 3 aliphatic heterocycles. The molecule has 12 nitrogen and oxygen atoms in total. The van der Waals surface area contributed by atoms with E-state index >= 15 is 0 Å². The van der Waals surface area contributed by atoms with Crippen LogP contribution in [0.1, 0.15) is 69.2 Å². The summed E-state index contributed by atoms with van der Waals surface area (Å²) in [6, 6.07) is 29.4. The average Bonchev–Trinajstić information content (AvgIpc) is 3.65. The van der Waals surface area contributed by atoms with Crippen LogP contribution in [0.4, 0.5) is 10.5 Å². The van der Waals surface area contributed by atoms with Gasteiger partial charge in [-0.3, -0.25) is 9.69 Å². The molecule has 1 amide bonds. The van der Waals surface area contributed by atoms with E-state index in [1.807, 2.05) is 30.3 Å². The lowest BCUT2D eigenvalue weighted by molar-refractivity contribution is 0.0837. The first-order chi connectivity index (χ1) is 29.2. The average molecular weight is 842 g/mol. The third kappa shape index (κ3) is 9.30. The maximum atomic E-state index is 13.0. The highest BCUT2D eigenvalue weighted by molar-refractivity contribution is 6.74. The van der Waals surface area contributed by atoms with Gasteiger partial charge in [-0.05, 0) is 122 Å². The standard InChI is InChI=1S/C48H59N7O5Si/c1-48(2,3)61(4,5)60-44(37-17-20-43(56)46-38(37)18-21-45(57)50-46)30-49-29-33-15-19-39-40(27-33)52-54(51-39)24-10-9-11-32-14-16-36(34-12-7-6-8-13-34)41(28-32)55(47(58)59)42-31-53-25-22-35(42)23-26-53/h6-8,12-21,27-28,35,42,44,49,56H,9-11,22-26,29-31H2,1-5H3,(H,50,57)(H,58,59)/t42-,44+/m0/s1. The number of rotatable bonds is 15.